The van der Waals surface area contributed by atoms with Crippen LogP contribution in [0.4, 0.5) is 0 Å². The van der Waals surface area contributed by atoms with Crippen LogP contribution in [0.15, 0.2) is 60.7 Å². The number of hydrogen-bond donors (Lipinski definition) is 0. The Kier molecular flexibility index (Phi) is 7.73. The predicted octanol–water partition coefficient (Wildman–Crippen LogP) is 4.96. The number of nitrogens with zero attached hydrogens (tertiary/aromatic N) is 1. The molecule has 0 unspecified atom stereocenters. The molecular formula is C22H26BrNO2. The van der Waals surface area contributed by atoms with Crippen molar-refractivity contribution < 1.29 is 9.59 Å². The lowest BCUT2D eigenvalue weighted by Crippen LogP contribution is -2.45. The second-order valence-electron chi connectivity index (χ2n) is 6.89. The van der Waals surface area contributed by atoms with Gasteiger partial charge in [-0.25, -0.2) is 0 Å². The van der Waals surface area contributed by atoms with Gasteiger partial charge in [0, 0.05) is 36.1 Å². The summed E-state index contributed by atoms with van der Waals surface area (Å²) in [5, 5.41) is 0. The molecule has 0 bridgehead atoms. The maximum atomic E-state index is 12.5. The number of Topliss-reactive ketones (excluding diaryl/α,β-unsaturated/α-hetero) is 2. The van der Waals surface area contributed by atoms with Crippen molar-refractivity contribution in [3.63, 3.8) is 0 Å². The molecule has 0 radical (unpaired) electrons. The number of carbonyl (C=O) groups is 2. The Labute approximate surface area is 166 Å². The molecule has 2 atom stereocenters. The first-order chi connectivity index (χ1) is 12.1. The van der Waals surface area contributed by atoms with Crippen LogP contribution in [0, 0.1) is 0 Å². The zero-order chi connectivity index (χ0) is 17.6. The average Bonchev–Trinajstić information content (AvgIpc) is 2.66. The first kappa shape index (κ1) is 20.5. The van der Waals surface area contributed by atoms with Gasteiger partial charge in [-0.2, -0.15) is 0 Å². The Morgan fingerprint density at radius 2 is 1.19 bits per heavy atom. The highest BCUT2D eigenvalue weighted by atomic mass is 79.9. The summed E-state index contributed by atoms with van der Waals surface area (Å²) < 4.78 is 0. The fourth-order valence-electron chi connectivity index (χ4n) is 3.70. The second kappa shape index (κ2) is 9.79. The van der Waals surface area contributed by atoms with Gasteiger partial charge in [0.2, 0.25) is 0 Å². The van der Waals surface area contributed by atoms with E-state index in [-0.39, 0.29) is 40.6 Å². The van der Waals surface area contributed by atoms with Crippen LogP contribution in [0.1, 0.15) is 52.8 Å². The van der Waals surface area contributed by atoms with Crippen LogP contribution in [-0.4, -0.2) is 35.6 Å². The van der Waals surface area contributed by atoms with Gasteiger partial charge in [-0.3, -0.25) is 14.5 Å². The number of halogens is 1. The minimum Gasteiger partial charge on any atom is -0.300 e. The highest BCUT2D eigenvalue weighted by molar-refractivity contribution is 8.93. The van der Waals surface area contributed by atoms with E-state index in [2.05, 4.69) is 11.9 Å². The second-order valence-corrected chi connectivity index (χ2v) is 6.89. The molecule has 1 heterocycles. The molecule has 1 aliphatic heterocycles. The van der Waals surface area contributed by atoms with Gasteiger partial charge < -0.3 is 0 Å². The van der Waals surface area contributed by atoms with E-state index in [0.29, 0.717) is 12.8 Å². The van der Waals surface area contributed by atoms with Crippen LogP contribution in [-0.2, 0) is 0 Å². The largest absolute Gasteiger partial charge is 0.300 e. The summed E-state index contributed by atoms with van der Waals surface area (Å²) in [7, 11) is 2.06. The Bertz CT molecular complexity index is 656. The minimum atomic E-state index is 0. The number of rotatable bonds is 6. The quantitative estimate of drug-likeness (QED) is 0.625. The predicted molar refractivity (Wildman–Crippen MR) is 110 cm³/mol. The molecule has 4 heteroatoms. The molecule has 1 saturated heterocycles. The van der Waals surface area contributed by atoms with Crippen LogP contribution >= 0.6 is 17.0 Å². The Morgan fingerprint density at radius 3 is 1.58 bits per heavy atom. The number of ketones is 2. The van der Waals surface area contributed by atoms with Gasteiger partial charge in [0.1, 0.15) is 0 Å². The number of carbonyl (C=O) groups excluding carboxylic acids is 2. The zero-order valence-corrected chi connectivity index (χ0v) is 16.8. The van der Waals surface area contributed by atoms with E-state index >= 15 is 0 Å². The van der Waals surface area contributed by atoms with E-state index in [1.54, 1.807) is 0 Å². The Balaban J connectivity index is 0.00000243. The lowest BCUT2D eigenvalue weighted by molar-refractivity contribution is 0.0723. The number of benzene rings is 2. The third-order valence-corrected chi connectivity index (χ3v) is 5.26. The van der Waals surface area contributed by atoms with Crippen molar-refractivity contribution in [3.8, 4) is 0 Å². The molecule has 1 fully saturated rings. The molecule has 1 aliphatic rings. The van der Waals surface area contributed by atoms with E-state index < -0.39 is 0 Å². The molecule has 2 aromatic carbocycles. The first-order valence-electron chi connectivity index (χ1n) is 9.03. The third kappa shape index (κ3) is 5.12. The van der Waals surface area contributed by atoms with Crippen LogP contribution in [0.25, 0.3) is 0 Å². The standard InChI is InChI=1S/C22H25NO2.BrH/c1-23-19(15-21(24)17-9-4-2-5-10-17)13-8-14-20(23)16-22(25)18-11-6-3-7-12-18;/h2-7,9-12,19-20H,8,13-16H2,1H3;1H/t19-,20+;. The number of likely N-dealkylation sites (tertiary alicyclic amines) is 1. The van der Waals surface area contributed by atoms with Crippen molar-refractivity contribution in [1.29, 1.82) is 0 Å². The fourth-order valence-corrected chi connectivity index (χ4v) is 3.70. The molecule has 3 rings (SSSR count). The van der Waals surface area contributed by atoms with Crippen LogP contribution in [0.2, 0.25) is 0 Å². The summed E-state index contributed by atoms with van der Waals surface area (Å²) in [4.78, 5) is 27.3. The van der Waals surface area contributed by atoms with Gasteiger partial charge >= 0.3 is 0 Å². The third-order valence-electron chi connectivity index (χ3n) is 5.26. The number of piperidine rings is 1. The van der Waals surface area contributed by atoms with Gasteiger partial charge in [0.15, 0.2) is 11.6 Å². The van der Waals surface area contributed by atoms with Gasteiger partial charge in [0.25, 0.3) is 0 Å². The normalized spacial score (nSPS) is 20.2. The lowest BCUT2D eigenvalue weighted by Gasteiger charge is -2.39. The van der Waals surface area contributed by atoms with Crippen molar-refractivity contribution in [2.24, 2.45) is 0 Å². The zero-order valence-electron chi connectivity index (χ0n) is 15.1. The van der Waals surface area contributed by atoms with E-state index in [9.17, 15) is 9.59 Å². The lowest BCUT2D eigenvalue weighted by atomic mass is 9.88. The van der Waals surface area contributed by atoms with E-state index in [4.69, 9.17) is 0 Å². The summed E-state index contributed by atoms with van der Waals surface area (Å²) in [5.41, 5.74) is 1.55. The molecule has 0 saturated carbocycles. The minimum absolute atomic E-state index is 0. The molecule has 0 N–H and O–H groups in total. The molecule has 26 heavy (non-hydrogen) atoms. The molecular weight excluding hydrogens is 390 g/mol. The molecule has 0 amide bonds. The Hall–Kier alpha value is -1.78. The van der Waals surface area contributed by atoms with Crippen LogP contribution in [0.3, 0.4) is 0 Å². The number of hydrogen-bond acceptors (Lipinski definition) is 3. The smallest absolute Gasteiger partial charge is 0.164 e. The summed E-state index contributed by atoms with van der Waals surface area (Å²) in [6, 6.07) is 19.4. The summed E-state index contributed by atoms with van der Waals surface area (Å²) in [6.45, 7) is 0. The van der Waals surface area contributed by atoms with Crippen molar-refractivity contribution in [1.82, 2.24) is 4.90 Å². The van der Waals surface area contributed by atoms with E-state index in [1.165, 1.54) is 0 Å². The highest BCUT2D eigenvalue weighted by Crippen LogP contribution is 2.27. The highest BCUT2D eigenvalue weighted by Gasteiger charge is 2.30. The Morgan fingerprint density at radius 1 is 0.808 bits per heavy atom. The van der Waals surface area contributed by atoms with Crippen molar-refractivity contribution in [2.75, 3.05) is 7.05 Å². The van der Waals surface area contributed by atoms with Crippen molar-refractivity contribution in [3.05, 3.63) is 71.8 Å². The monoisotopic (exact) mass is 415 g/mol. The molecule has 3 nitrogen and oxygen atoms in total. The summed E-state index contributed by atoms with van der Waals surface area (Å²) in [6.07, 6.45) is 4.16. The molecule has 2 aromatic rings. The fraction of sp³-hybridized carbons (Fsp3) is 0.364. The van der Waals surface area contributed by atoms with E-state index in [0.717, 1.165) is 30.4 Å². The molecule has 138 valence electrons. The first-order valence-corrected chi connectivity index (χ1v) is 9.03. The van der Waals surface area contributed by atoms with Crippen LogP contribution in [0.5, 0.6) is 0 Å². The molecule has 0 spiro atoms. The van der Waals surface area contributed by atoms with Crippen molar-refractivity contribution >= 4 is 28.5 Å². The summed E-state index contributed by atoms with van der Waals surface area (Å²) >= 11 is 0. The van der Waals surface area contributed by atoms with Crippen LogP contribution < -0.4 is 0 Å². The van der Waals surface area contributed by atoms with Gasteiger partial charge in [-0.05, 0) is 19.9 Å². The van der Waals surface area contributed by atoms with Gasteiger partial charge in [-0.15, -0.1) is 17.0 Å². The molecule has 0 aliphatic carbocycles. The molecule has 0 aromatic heterocycles. The topological polar surface area (TPSA) is 37.4 Å². The SMILES string of the molecule is Br.CN1[C@@H](CC(=O)c2ccccc2)CCC[C@H]1CC(=O)c1ccccc1. The van der Waals surface area contributed by atoms with Crippen molar-refractivity contribution in [2.45, 2.75) is 44.2 Å². The maximum absolute atomic E-state index is 12.5. The van der Waals surface area contributed by atoms with Gasteiger partial charge in [0.05, 0.1) is 0 Å². The van der Waals surface area contributed by atoms with E-state index in [1.807, 2.05) is 60.7 Å². The summed E-state index contributed by atoms with van der Waals surface area (Å²) in [5.74, 6) is 0.375. The van der Waals surface area contributed by atoms with Gasteiger partial charge in [-0.1, -0.05) is 67.1 Å². The average molecular weight is 416 g/mol. The maximum Gasteiger partial charge on any atom is 0.164 e.